The van der Waals surface area contributed by atoms with E-state index in [0.717, 1.165) is 31.0 Å². The second-order valence-corrected chi connectivity index (χ2v) is 5.74. The molecule has 0 bridgehead atoms. The van der Waals surface area contributed by atoms with Gasteiger partial charge in [-0.2, -0.15) is 0 Å². The van der Waals surface area contributed by atoms with E-state index < -0.39 is 0 Å². The molecule has 1 fully saturated rings. The van der Waals surface area contributed by atoms with E-state index in [1.165, 1.54) is 38.6 Å². The smallest absolute Gasteiger partial charge is 0.0700 e. The summed E-state index contributed by atoms with van der Waals surface area (Å²) < 4.78 is 10.5. The first kappa shape index (κ1) is 15.9. The molecule has 1 saturated carbocycles. The summed E-state index contributed by atoms with van der Waals surface area (Å²) in [7, 11) is 3.79. The van der Waals surface area contributed by atoms with E-state index >= 15 is 0 Å². The highest BCUT2D eigenvalue weighted by Crippen LogP contribution is 2.36. The third-order valence-corrected chi connectivity index (χ3v) is 4.16. The lowest BCUT2D eigenvalue weighted by atomic mass is 9.73. The van der Waals surface area contributed by atoms with Crippen LogP contribution in [0.25, 0.3) is 0 Å². The van der Waals surface area contributed by atoms with Crippen LogP contribution in [-0.2, 0) is 9.47 Å². The number of hydrogen-bond donors (Lipinski definition) is 1. The van der Waals surface area contributed by atoms with Crippen LogP contribution in [0.2, 0.25) is 0 Å². The molecule has 0 radical (unpaired) electrons. The first-order valence-corrected chi connectivity index (χ1v) is 7.49. The van der Waals surface area contributed by atoms with Crippen molar-refractivity contribution >= 4 is 0 Å². The summed E-state index contributed by atoms with van der Waals surface area (Å²) in [6, 6.07) is 0. The van der Waals surface area contributed by atoms with E-state index in [9.17, 15) is 0 Å². The highest BCUT2D eigenvalue weighted by molar-refractivity contribution is 4.79. The minimum atomic E-state index is 0.711. The Kier molecular flexibility index (Phi) is 8.64. The molecule has 0 saturated heterocycles. The topological polar surface area (TPSA) is 30.5 Å². The molecule has 3 heteroatoms. The average Bonchev–Trinajstić information content (AvgIpc) is 2.37. The van der Waals surface area contributed by atoms with Crippen molar-refractivity contribution in [1.82, 2.24) is 5.32 Å². The van der Waals surface area contributed by atoms with Gasteiger partial charge in [0.2, 0.25) is 0 Å². The average molecular weight is 257 g/mol. The Morgan fingerprint density at radius 2 is 1.94 bits per heavy atom. The van der Waals surface area contributed by atoms with Crippen LogP contribution < -0.4 is 5.32 Å². The fourth-order valence-electron chi connectivity index (χ4n) is 3.14. The van der Waals surface area contributed by atoms with E-state index in [-0.39, 0.29) is 0 Å². The Morgan fingerprint density at radius 1 is 1.11 bits per heavy atom. The van der Waals surface area contributed by atoms with Crippen LogP contribution in [0.3, 0.4) is 0 Å². The zero-order chi connectivity index (χ0) is 13.2. The highest BCUT2D eigenvalue weighted by atomic mass is 16.5. The molecule has 3 unspecified atom stereocenters. The summed E-state index contributed by atoms with van der Waals surface area (Å²) in [5.41, 5.74) is 0. The molecule has 0 aromatic rings. The molecule has 1 rings (SSSR count). The van der Waals surface area contributed by atoms with Crippen molar-refractivity contribution in [2.45, 2.75) is 39.0 Å². The van der Waals surface area contributed by atoms with E-state index in [1.54, 1.807) is 7.11 Å². The van der Waals surface area contributed by atoms with Crippen molar-refractivity contribution in [1.29, 1.82) is 0 Å². The Balaban J connectivity index is 2.15. The Labute approximate surface area is 113 Å². The van der Waals surface area contributed by atoms with Crippen molar-refractivity contribution in [3.05, 3.63) is 0 Å². The van der Waals surface area contributed by atoms with Crippen LogP contribution in [0.15, 0.2) is 0 Å². The third kappa shape index (κ3) is 6.17. The quantitative estimate of drug-likeness (QED) is 0.644. The highest BCUT2D eigenvalue weighted by Gasteiger charge is 2.27. The van der Waals surface area contributed by atoms with Gasteiger partial charge in [-0.1, -0.05) is 13.3 Å². The zero-order valence-electron chi connectivity index (χ0n) is 12.4. The summed E-state index contributed by atoms with van der Waals surface area (Å²) in [5.74, 6) is 2.69. The molecule has 3 nitrogen and oxygen atoms in total. The molecule has 0 heterocycles. The number of rotatable bonds is 9. The maximum atomic E-state index is 5.55. The maximum Gasteiger partial charge on any atom is 0.0700 e. The summed E-state index contributed by atoms with van der Waals surface area (Å²) in [6.45, 7) is 5.92. The first-order valence-electron chi connectivity index (χ1n) is 7.49. The number of methoxy groups -OCH3 is 1. The molecule has 1 aliphatic carbocycles. The van der Waals surface area contributed by atoms with Gasteiger partial charge in [0.05, 0.1) is 13.2 Å². The molecular formula is C15H31NO2. The summed E-state index contributed by atoms with van der Waals surface area (Å²) in [4.78, 5) is 0. The molecule has 108 valence electrons. The van der Waals surface area contributed by atoms with Crippen LogP contribution in [0.1, 0.15) is 39.0 Å². The zero-order valence-corrected chi connectivity index (χ0v) is 12.4. The van der Waals surface area contributed by atoms with Gasteiger partial charge in [0.1, 0.15) is 0 Å². The Hall–Kier alpha value is -0.120. The van der Waals surface area contributed by atoms with Gasteiger partial charge in [0.15, 0.2) is 0 Å². The number of hydrogen-bond acceptors (Lipinski definition) is 3. The van der Waals surface area contributed by atoms with Gasteiger partial charge in [-0.05, 0) is 57.0 Å². The molecule has 0 amide bonds. The van der Waals surface area contributed by atoms with Crippen molar-refractivity contribution in [2.75, 3.05) is 40.5 Å². The van der Waals surface area contributed by atoms with Gasteiger partial charge in [0, 0.05) is 13.7 Å². The van der Waals surface area contributed by atoms with Crippen molar-refractivity contribution in [2.24, 2.45) is 17.8 Å². The van der Waals surface area contributed by atoms with E-state index in [2.05, 4.69) is 19.3 Å². The largest absolute Gasteiger partial charge is 0.382 e. The molecule has 1 N–H and O–H groups in total. The second-order valence-electron chi connectivity index (χ2n) is 5.74. The van der Waals surface area contributed by atoms with E-state index in [0.29, 0.717) is 6.61 Å². The van der Waals surface area contributed by atoms with Crippen LogP contribution in [0, 0.1) is 17.8 Å². The summed E-state index contributed by atoms with van der Waals surface area (Å²) in [5, 5.41) is 3.35. The Morgan fingerprint density at radius 3 is 2.67 bits per heavy atom. The van der Waals surface area contributed by atoms with Gasteiger partial charge >= 0.3 is 0 Å². The van der Waals surface area contributed by atoms with Crippen LogP contribution in [0.4, 0.5) is 0 Å². The molecule has 0 aliphatic heterocycles. The minimum Gasteiger partial charge on any atom is -0.382 e. The molecule has 0 aromatic carbocycles. The first-order chi connectivity index (χ1) is 8.77. The molecule has 0 spiro atoms. The molecule has 1 aliphatic rings. The lowest BCUT2D eigenvalue weighted by Gasteiger charge is -2.35. The minimum absolute atomic E-state index is 0.711. The van der Waals surface area contributed by atoms with Crippen molar-refractivity contribution in [3.8, 4) is 0 Å². The van der Waals surface area contributed by atoms with Gasteiger partial charge in [-0.3, -0.25) is 0 Å². The fourth-order valence-corrected chi connectivity index (χ4v) is 3.14. The second kappa shape index (κ2) is 9.76. The van der Waals surface area contributed by atoms with Crippen molar-refractivity contribution in [3.63, 3.8) is 0 Å². The standard InChI is InChI=1S/C15H31NO2/c1-13-6-7-15(12-16-2)14(11-13)5-4-8-18-10-9-17-3/h13-16H,4-12H2,1-3H3. The Bertz CT molecular complexity index is 199. The van der Waals surface area contributed by atoms with E-state index in [1.807, 2.05) is 0 Å². The number of nitrogens with one attached hydrogen (secondary N) is 1. The van der Waals surface area contributed by atoms with Gasteiger partial charge in [-0.15, -0.1) is 0 Å². The van der Waals surface area contributed by atoms with Crippen LogP contribution in [0.5, 0.6) is 0 Å². The van der Waals surface area contributed by atoms with E-state index in [4.69, 9.17) is 9.47 Å². The lowest BCUT2D eigenvalue weighted by Crippen LogP contribution is -2.31. The number of ether oxygens (including phenoxy) is 2. The molecule has 18 heavy (non-hydrogen) atoms. The lowest BCUT2D eigenvalue weighted by molar-refractivity contribution is 0.0633. The van der Waals surface area contributed by atoms with Crippen molar-refractivity contribution < 1.29 is 9.47 Å². The normalized spacial score (nSPS) is 28.5. The molecular weight excluding hydrogens is 226 g/mol. The van der Waals surface area contributed by atoms with Gasteiger partial charge in [-0.25, -0.2) is 0 Å². The third-order valence-electron chi connectivity index (χ3n) is 4.16. The summed E-state index contributed by atoms with van der Waals surface area (Å²) >= 11 is 0. The van der Waals surface area contributed by atoms with Crippen LogP contribution >= 0.6 is 0 Å². The fraction of sp³-hybridized carbons (Fsp3) is 1.00. The molecule has 3 atom stereocenters. The SMILES string of the molecule is CNCC1CCC(C)CC1CCCOCCOC. The summed E-state index contributed by atoms with van der Waals surface area (Å²) in [6.07, 6.45) is 6.74. The monoisotopic (exact) mass is 257 g/mol. The predicted octanol–water partition coefficient (Wildman–Crippen LogP) is 2.70. The van der Waals surface area contributed by atoms with Gasteiger partial charge in [0.25, 0.3) is 0 Å². The molecule has 0 aromatic heterocycles. The van der Waals surface area contributed by atoms with Gasteiger partial charge < -0.3 is 14.8 Å². The van der Waals surface area contributed by atoms with Crippen LogP contribution in [-0.4, -0.2) is 40.5 Å². The maximum absolute atomic E-state index is 5.55. The predicted molar refractivity (Wildman–Crippen MR) is 75.9 cm³/mol.